The molecular formula is C16H20N2O4. The fourth-order valence-electron chi connectivity index (χ4n) is 5.13. The third-order valence-corrected chi connectivity index (χ3v) is 6.05. The van der Waals surface area contributed by atoms with E-state index >= 15 is 0 Å². The third kappa shape index (κ3) is 1.82. The Morgan fingerprint density at radius 3 is 2.59 bits per heavy atom. The molecule has 0 radical (unpaired) electrons. The van der Waals surface area contributed by atoms with Gasteiger partial charge in [-0.05, 0) is 49.9 Å². The number of amides is 1. The maximum atomic E-state index is 12.6. The van der Waals surface area contributed by atoms with Crippen molar-refractivity contribution in [3.05, 3.63) is 17.5 Å². The second-order valence-electron chi connectivity index (χ2n) is 7.07. The number of nitrogens with zero attached hydrogens (tertiary/aromatic N) is 1. The number of hydrogen-bond acceptors (Lipinski definition) is 4. The van der Waals surface area contributed by atoms with Crippen molar-refractivity contribution in [3.63, 3.8) is 0 Å². The van der Waals surface area contributed by atoms with Crippen molar-refractivity contribution in [3.8, 4) is 0 Å². The molecule has 1 spiro atoms. The molecule has 4 atom stereocenters. The van der Waals surface area contributed by atoms with Crippen molar-refractivity contribution in [2.24, 2.45) is 29.1 Å². The summed E-state index contributed by atoms with van der Waals surface area (Å²) in [7, 11) is 0. The second kappa shape index (κ2) is 4.57. The molecule has 3 aliphatic rings. The number of carbonyl (C=O) groups excluding carboxylic acids is 1. The number of nitrogens with one attached hydrogen (secondary N) is 1. The highest BCUT2D eigenvalue weighted by Crippen LogP contribution is 2.74. The molecule has 1 amide bonds. The Kier molecular flexibility index (Phi) is 2.86. The van der Waals surface area contributed by atoms with Crippen molar-refractivity contribution in [2.45, 2.75) is 39.2 Å². The average Bonchev–Trinajstić information content (AvgIpc) is 2.96. The Morgan fingerprint density at radius 1 is 1.36 bits per heavy atom. The highest BCUT2D eigenvalue weighted by Gasteiger charge is 2.71. The monoisotopic (exact) mass is 304 g/mol. The van der Waals surface area contributed by atoms with E-state index in [9.17, 15) is 14.7 Å². The zero-order chi connectivity index (χ0) is 15.5. The Labute approximate surface area is 128 Å². The Bertz CT molecular complexity index is 634. The molecule has 118 valence electrons. The van der Waals surface area contributed by atoms with Gasteiger partial charge in [-0.25, -0.2) is 0 Å². The van der Waals surface area contributed by atoms with E-state index in [4.69, 9.17) is 4.52 Å². The maximum Gasteiger partial charge on any atom is 0.307 e. The van der Waals surface area contributed by atoms with Crippen LogP contribution < -0.4 is 5.32 Å². The van der Waals surface area contributed by atoms with Crippen LogP contribution in [-0.2, 0) is 16.1 Å². The first-order chi connectivity index (χ1) is 10.5. The molecule has 1 heterocycles. The standard InChI is InChI=1S/C16H20N2O4/c1-8-6-9(22-18-8)7-17-14(19)12-10-2-3-11(13(12)15(20)21)16(10)4-5-16/h6,10-13H,2-5,7H2,1H3,(H,17,19)(H,20,21)/t10-,11+,12+,13+/m0/s1. The number of carboxylic acids is 1. The highest BCUT2D eigenvalue weighted by atomic mass is 16.5. The minimum absolute atomic E-state index is 0.139. The summed E-state index contributed by atoms with van der Waals surface area (Å²) in [4.78, 5) is 24.3. The summed E-state index contributed by atoms with van der Waals surface area (Å²) >= 11 is 0. The first kappa shape index (κ1) is 13.8. The van der Waals surface area contributed by atoms with Gasteiger partial charge < -0.3 is 14.9 Å². The number of aromatic nitrogens is 1. The number of aryl methyl sites for hydroxylation is 1. The van der Waals surface area contributed by atoms with Crippen LogP contribution in [-0.4, -0.2) is 22.1 Å². The quantitative estimate of drug-likeness (QED) is 0.884. The van der Waals surface area contributed by atoms with E-state index in [0.717, 1.165) is 31.4 Å². The molecule has 3 saturated carbocycles. The van der Waals surface area contributed by atoms with Crippen molar-refractivity contribution < 1.29 is 19.2 Å². The van der Waals surface area contributed by atoms with Gasteiger partial charge in [0.15, 0.2) is 5.76 Å². The van der Waals surface area contributed by atoms with Gasteiger partial charge in [-0.2, -0.15) is 0 Å². The van der Waals surface area contributed by atoms with E-state index in [1.54, 1.807) is 6.07 Å². The summed E-state index contributed by atoms with van der Waals surface area (Å²) in [5, 5.41) is 16.2. The smallest absolute Gasteiger partial charge is 0.307 e. The molecule has 6 nitrogen and oxygen atoms in total. The predicted octanol–water partition coefficient (Wildman–Crippen LogP) is 1.74. The van der Waals surface area contributed by atoms with Crippen LogP contribution in [0.1, 0.15) is 37.1 Å². The van der Waals surface area contributed by atoms with E-state index in [1.165, 1.54) is 0 Å². The van der Waals surface area contributed by atoms with Crippen LogP contribution in [0.5, 0.6) is 0 Å². The van der Waals surface area contributed by atoms with E-state index in [0.29, 0.717) is 5.76 Å². The van der Waals surface area contributed by atoms with Gasteiger partial charge in [-0.1, -0.05) is 5.16 Å². The molecule has 22 heavy (non-hydrogen) atoms. The predicted molar refractivity (Wildman–Crippen MR) is 75.6 cm³/mol. The van der Waals surface area contributed by atoms with Gasteiger partial charge in [0.2, 0.25) is 5.91 Å². The summed E-state index contributed by atoms with van der Waals surface area (Å²) in [6.07, 6.45) is 4.15. The molecule has 0 aliphatic heterocycles. The van der Waals surface area contributed by atoms with E-state index in [2.05, 4.69) is 10.5 Å². The highest BCUT2D eigenvalue weighted by molar-refractivity contribution is 5.86. The summed E-state index contributed by atoms with van der Waals surface area (Å²) in [6, 6.07) is 1.78. The van der Waals surface area contributed by atoms with E-state index in [-0.39, 0.29) is 35.6 Å². The molecule has 0 unspecified atom stereocenters. The lowest BCUT2D eigenvalue weighted by Crippen LogP contribution is -2.41. The zero-order valence-electron chi connectivity index (χ0n) is 12.5. The lowest BCUT2D eigenvalue weighted by Gasteiger charge is -2.26. The lowest BCUT2D eigenvalue weighted by molar-refractivity contribution is -0.149. The van der Waals surface area contributed by atoms with Crippen LogP contribution >= 0.6 is 0 Å². The SMILES string of the molecule is Cc1cc(CNC(=O)[C@H]2[C@H](C(=O)O)[C@H]3CC[C@@H]2C32CC2)on1. The molecule has 2 N–H and O–H groups in total. The summed E-state index contributed by atoms with van der Waals surface area (Å²) < 4.78 is 5.09. The van der Waals surface area contributed by atoms with Crippen LogP contribution in [0.2, 0.25) is 0 Å². The van der Waals surface area contributed by atoms with Gasteiger partial charge in [0.05, 0.1) is 24.1 Å². The number of aliphatic carboxylic acids is 1. The lowest BCUT2D eigenvalue weighted by atomic mass is 9.78. The van der Waals surface area contributed by atoms with Crippen LogP contribution in [0.3, 0.4) is 0 Å². The minimum atomic E-state index is -0.811. The van der Waals surface area contributed by atoms with Gasteiger partial charge in [-0.15, -0.1) is 0 Å². The van der Waals surface area contributed by atoms with E-state index < -0.39 is 11.9 Å². The molecule has 3 aliphatic carbocycles. The molecule has 2 bridgehead atoms. The fraction of sp³-hybridized carbons (Fsp3) is 0.688. The molecule has 1 aromatic heterocycles. The Balaban J connectivity index is 1.50. The number of carboxylic acid groups (broad SMARTS) is 1. The largest absolute Gasteiger partial charge is 0.481 e. The van der Waals surface area contributed by atoms with Crippen LogP contribution in [0.15, 0.2) is 10.6 Å². The first-order valence-corrected chi connectivity index (χ1v) is 7.95. The first-order valence-electron chi connectivity index (χ1n) is 7.95. The van der Waals surface area contributed by atoms with Crippen molar-refractivity contribution in [1.29, 1.82) is 0 Å². The summed E-state index contributed by atoms with van der Waals surface area (Å²) in [5.74, 6) is -0.815. The third-order valence-electron chi connectivity index (χ3n) is 6.05. The maximum absolute atomic E-state index is 12.6. The molecule has 1 aromatic rings. The van der Waals surface area contributed by atoms with Gasteiger partial charge in [0.25, 0.3) is 0 Å². The topological polar surface area (TPSA) is 92.4 Å². The average molecular weight is 304 g/mol. The Hall–Kier alpha value is -1.85. The van der Waals surface area contributed by atoms with Crippen LogP contribution in [0.25, 0.3) is 0 Å². The number of hydrogen-bond donors (Lipinski definition) is 2. The molecule has 0 saturated heterocycles. The minimum Gasteiger partial charge on any atom is -0.481 e. The van der Waals surface area contributed by atoms with Gasteiger partial charge in [-0.3, -0.25) is 9.59 Å². The summed E-state index contributed by atoms with van der Waals surface area (Å²) in [5.41, 5.74) is 0.929. The van der Waals surface area contributed by atoms with Gasteiger partial charge >= 0.3 is 5.97 Å². The van der Waals surface area contributed by atoms with Gasteiger partial charge in [0, 0.05) is 6.07 Å². The Morgan fingerprint density at radius 2 is 2.05 bits per heavy atom. The van der Waals surface area contributed by atoms with Crippen LogP contribution in [0, 0.1) is 36.0 Å². The molecule has 6 heteroatoms. The summed E-state index contributed by atoms with van der Waals surface area (Å²) in [6.45, 7) is 2.09. The van der Waals surface area contributed by atoms with Gasteiger partial charge in [0.1, 0.15) is 0 Å². The molecular weight excluding hydrogens is 284 g/mol. The van der Waals surface area contributed by atoms with Crippen molar-refractivity contribution >= 4 is 11.9 Å². The van der Waals surface area contributed by atoms with Crippen molar-refractivity contribution in [2.75, 3.05) is 0 Å². The number of rotatable bonds is 4. The zero-order valence-corrected chi connectivity index (χ0v) is 12.5. The van der Waals surface area contributed by atoms with Crippen LogP contribution in [0.4, 0.5) is 0 Å². The molecule has 4 rings (SSSR count). The fourth-order valence-corrected chi connectivity index (χ4v) is 5.13. The van der Waals surface area contributed by atoms with E-state index in [1.807, 2.05) is 6.92 Å². The molecule has 3 fully saturated rings. The normalized spacial score (nSPS) is 34.0. The molecule has 0 aromatic carbocycles. The number of carbonyl (C=O) groups is 2. The van der Waals surface area contributed by atoms with Crippen molar-refractivity contribution in [1.82, 2.24) is 10.5 Å². The second-order valence-corrected chi connectivity index (χ2v) is 7.07.